The summed E-state index contributed by atoms with van der Waals surface area (Å²) >= 11 is -2.43. The molecule has 2 fully saturated rings. The van der Waals surface area contributed by atoms with E-state index in [9.17, 15) is 18.4 Å². The fraction of sp³-hybridized carbons (Fsp3) is 0.600. The van der Waals surface area contributed by atoms with Crippen LogP contribution in [0.2, 0.25) is 0 Å². The van der Waals surface area contributed by atoms with Crippen LogP contribution in [-0.2, 0) is 38.4 Å². The number of hydrogen-bond donors (Lipinski definition) is 1. The van der Waals surface area contributed by atoms with Crippen molar-refractivity contribution in [3.05, 3.63) is 35.0 Å². The molecule has 2 aromatic rings. The summed E-state index contributed by atoms with van der Waals surface area (Å²) in [5.74, 6) is 0.611. The van der Waals surface area contributed by atoms with Crippen molar-refractivity contribution in [1.82, 2.24) is 14.2 Å². The molecular formula is C25H32N3O6S-. The van der Waals surface area contributed by atoms with Crippen LogP contribution >= 0.6 is 0 Å². The summed E-state index contributed by atoms with van der Waals surface area (Å²) in [5.41, 5.74) is 2.94. The fourth-order valence-electron chi connectivity index (χ4n) is 5.71. The molecule has 2 unspecified atom stereocenters. The van der Waals surface area contributed by atoms with Gasteiger partial charge in [0.25, 0.3) is 5.91 Å². The lowest BCUT2D eigenvalue weighted by Crippen LogP contribution is -2.51. The first-order valence-electron chi connectivity index (χ1n) is 12.5. The highest BCUT2D eigenvalue weighted by atomic mass is 32.2. The Labute approximate surface area is 207 Å². The monoisotopic (exact) mass is 502 g/mol. The van der Waals surface area contributed by atoms with Crippen LogP contribution in [0.1, 0.15) is 47.8 Å². The second kappa shape index (κ2) is 10.4. The van der Waals surface area contributed by atoms with Gasteiger partial charge in [0.15, 0.2) is 0 Å². The molecule has 1 aliphatic carbocycles. The van der Waals surface area contributed by atoms with Crippen molar-refractivity contribution in [2.45, 2.75) is 45.1 Å². The minimum Gasteiger partial charge on any atom is -0.755 e. The van der Waals surface area contributed by atoms with Crippen LogP contribution < -0.4 is 5.32 Å². The van der Waals surface area contributed by atoms with Gasteiger partial charge in [0.2, 0.25) is 5.91 Å². The van der Waals surface area contributed by atoms with Crippen molar-refractivity contribution in [3.63, 3.8) is 0 Å². The molecule has 0 saturated carbocycles. The Bertz CT molecular complexity index is 1140. The van der Waals surface area contributed by atoms with Gasteiger partial charge in [0.1, 0.15) is 0 Å². The summed E-state index contributed by atoms with van der Waals surface area (Å²) < 4.78 is 36.3. The number of amides is 2. The first-order valence-corrected chi connectivity index (χ1v) is 13.5. The zero-order valence-electron chi connectivity index (χ0n) is 20.0. The molecule has 2 amide bonds. The maximum Gasteiger partial charge on any atom is 0.254 e. The molecule has 0 radical (unpaired) electrons. The number of carbonyl (C=O) groups excluding carboxylic acids is 2. The summed E-state index contributed by atoms with van der Waals surface area (Å²) in [6.45, 7) is 4.77. The second-order valence-corrected chi connectivity index (χ2v) is 10.5. The number of rotatable bonds is 7. The van der Waals surface area contributed by atoms with Gasteiger partial charge in [-0.25, -0.2) is 0 Å². The van der Waals surface area contributed by atoms with Crippen LogP contribution in [0.4, 0.5) is 0 Å². The van der Waals surface area contributed by atoms with Crippen molar-refractivity contribution in [2.75, 3.05) is 39.5 Å². The Morgan fingerprint density at radius 3 is 2.60 bits per heavy atom. The number of nitrogens with one attached hydrogen (secondary N) is 1. The molecule has 2 aliphatic heterocycles. The molecule has 0 spiro atoms. The molecule has 1 aromatic carbocycles. The number of ether oxygens (including phenoxy) is 2. The van der Waals surface area contributed by atoms with Crippen molar-refractivity contribution in [3.8, 4) is 0 Å². The van der Waals surface area contributed by atoms with E-state index < -0.39 is 11.3 Å². The van der Waals surface area contributed by atoms with Gasteiger partial charge in [-0.1, -0.05) is 0 Å². The Morgan fingerprint density at radius 2 is 1.94 bits per heavy atom. The first kappa shape index (κ1) is 24.4. The van der Waals surface area contributed by atoms with E-state index in [1.165, 1.54) is 8.87 Å². The summed E-state index contributed by atoms with van der Waals surface area (Å²) in [5, 5.41) is 3.69. The Morgan fingerprint density at radius 1 is 1.17 bits per heavy atom. The third-order valence-corrected chi connectivity index (χ3v) is 8.40. The lowest BCUT2D eigenvalue weighted by Gasteiger charge is -2.33. The van der Waals surface area contributed by atoms with Gasteiger partial charge in [-0.3, -0.25) is 17.8 Å². The van der Waals surface area contributed by atoms with Crippen molar-refractivity contribution >= 4 is 34.0 Å². The first-order chi connectivity index (χ1) is 17.0. The van der Waals surface area contributed by atoms with Gasteiger partial charge in [0.05, 0.1) is 42.6 Å². The summed E-state index contributed by atoms with van der Waals surface area (Å²) in [6.07, 6.45) is 4.55. The summed E-state index contributed by atoms with van der Waals surface area (Å²) in [6, 6.07) is 5.21. The minimum atomic E-state index is -2.43. The molecule has 1 N–H and O–H groups in total. The Balaban J connectivity index is 1.42. The van der Waals surface area contributed by atoms with Crippen LogP contribution in [-0.4, -0.2) is 75.0 Å². The molecule has 2 atom stereocenters. The second-order valence-electron chi connectivity index (χ2n) is 9.74. The average Bonchev–Trinajstić information content (AvgIpc) is 3.18. The van der Waals surface area contributed by atoms with E-state index in [-0.39, 0.29) is 24.4 Å². The number of carbonyl (C=O) groups is 2. The van der Waals surface area contributed by atoms with Gasteiger partial charge >= 0.3 is 0 Å². The van der Waals surface area contributed by atoms with Crippen LogP contribution in [0.5, 0.6) is 0 Å². The number of nitrogens with zero attached hydrogens (tertiary/aromatic N) is 2. The minimum absolute atomic E-state index is 0.00980. The van der Waals surface area contributed by atoms with E-state index in [2.05, 4.69) is 5.32 Å². The third-order valence-electron chi connectivity index (χ3n) is 7.69. The SMILES string of the molecule is CCN(CC(=O)NC1COC1)C(=O)c1ccc2c(c1)c1c(n2S(=O)[O-])CCC(C2CCOCC2)C1. The normalized spacial score (nSPS) is 21.8. The number of benzene rings is 1. The Hall–Kier alpha value is -2.27. The van der Waals surface area contributed by atoms with E-state index in [4.69, 9.17) is 9.47 Å². The van der Waals surface area contributed by atoms with E-state index in [0.29, 0.717) is 49.1 Å². The molecule has 9 nitrogen and oxygen atoms in total. The highest BCUT2D eigenvalue weighted by Crippen LogP contribution is 2.40. The van der Waals surface area contributed by atoms with E-state index in [0.717, 1.165) is 55.5 Å². The quantitative estimate of drug-likeness (QED) is 0.578. The largest absolute Gasteiger partial charge is 0.755 e. The molecule has 5 rings (SSSR count). The predicted molar refractivity (Wildman–Crippen MR) is 130 cm³/mol. The fourth-order valence-corrected chi connectivity index (χ4v) is 6.41. The average molecular weight is 503 g/mol. The van der Waals surface area contributed by atoms with E-state index in [1.54, 1.807) is 12.1 Å². The van der Waals surface area contributed by atoms with Gasteiger partial charge in [-0.05, 0) is 74.6 Å². The highest BCUT2D eigenvalue weighted by Gasteiger charge is 2.32. The molecule has 0 bridgehead atoms. The smallest absolute Gasteiger partial charge is 0.254 e. The molecule has 1 aromatic heterocycles. The zero-order valence-corrected chi connectivity index (χ0v) is 20.8. The van der Waals surface area contributed by atoms with Gasteiger partial charge in [-0.15, -0.1) is 0 Å². The van der Waals surface area contributed by atoms with E-state index in [1.807, 2.05) is 13.0 Å². The van der Waals surface area contributed by atoms with Gasteiger partial charge in [0, 0.05) is 36.4 Å². The van der Waals surface area contributed by atoms with Crippen molar-refractivity contribution in [2.24, 2.45) is 11.8 Å². The summed E-state index contributed by atoms with van der Waals surface area (Å²) in [4.78, 5) is 27.2. The maximum atomic E-state index is 13.3. The van der Waals surface area contributed by atoms with Gasteiger partial charge in [-0.2, -0.15) is 0 Å². The third kappa shape index (κ3) is 4.89. The van der Waals surface area contributed by atoms with Crippen LogP contribution in [0.25, 0.3) is 10.9 Å². The van der Waals surface area contributed by atoms with Crippen molar-refractivity contribution in [1.29, 1.82) is 0 Å². The molecule has 35 heavy (non-hydrogen) atoms. The highest BCUT2D eigenvalue weighted by molar-refractivity contribution is 7.77. The molecule has 3 aliphatic rings. The standard InChI is InChI=1S/C25H33N3O6S/c1-2-27(13-24(29)26-19-14-34-15-19)25(30)18-4-6-23-21(12-18)20-11-17(16-7-9-33-10-8-16)3-5-22(20)28(23)35(31)32/h4,6,12,16-17,19H,2-3,5,7-11,13-15H2,1H3,(H,26,29)(H,31,32)/p-1. The van der Waals surface area contributed by atoms with E-state index >= 15 is 0 Å². The molecule has 3 heterocycles. The molecule has 10 heteroatoms. The number of aromatic nitrogens is 1. The topological polar surface area (TPSA) is 113 Å². The zero-order chi connectivity index (χ0) is 24.5. The summed E-state index contributed by atoms with van der Waals surface area (Å²) in [7, 11) is 0. The number of hydrogen-bond acceptors (Lipinski definition) is 6. The van der Waals surface area contributed by atoms with Crippen LogP contribution in [0.3, 0.4) is 0 Å². The number of likely N-dealkylation sites (N-methyl/N-ethyl adjacent to an activating group) is 1. The maximum absolute atomic E-state index is 13.3. The Kier molecular flexibility index (Phi) is 7.24. The van der Waals surface area contributed by atoms with Gasteiger partial charge < -0.3 is 24.2 Å². The van der Waals surface area contributed by atoms with Crippen LogP contribution in [0, 0.1) is 11.8 Å². The lowest BCUT2D eigenvalue weighted by atomic mass is 9.75. The molecule has 2 saturated heterocycles. The predicted octanol–water partition coefficient (Wildman–Crippen LogP) is 1.79. The molecular weight excluding hydrogens is 470 g/mol. The number of fused-ring (bicyclic) bond motifs is 3. The van der Waals surface area contributed by atoms with Crippen LogP contribution in [0.15, 0.2) is 18.2 Å². The molecule has 190 valence electrons. The van der Waals surface area contributed by atoms with Crippen molar-refractivity contribution < 1.29 is 27.8 Å². The lowest BCUT2D eigenvalue weighted by molar-refractivity contribution is -0.125.